The summed E-state index contributed by atoms with van der Waals surface area (Å²) in [7, 11) is 0. The van der Waals surface area contributed by atoms with Gasteiger partial charge in [0.2, 0.25) is 6.79 Å². The first kappa shape index (κ1) is 19.6. The number of carbonyl (C=O) groups is 1. The van der Waals surface area contributed by atoms with Crippen molar-refractivity contribution in [2.75, 3.05) is 6.79 Å². The summed E-state index contributed by atoms with van der Waals surface area (Å²) in [5, 5.41) is 10.8. The molecule has 1 aliphatic heterocycles. The van der Waals surface area contributed by atoms with Crippen LogP contribution in [0.4, 0.5) is 0 Å². The van der Waals surface area contributed by atoms with E-state index in [2.05, 4.69) is 26.8 Å². The molecule has 1 aliphatic carbocycles. The maximum Gasteiger partial charge on any atom is 0.336 e. The molecule has 1 atom stereocenters. The molecule has 0 fully saturated rings. The topological polar surface area (TPSA) is 68.7 Å². The number of aromatic nitrogens is 1. The number of pyridine rings is 1. The molecular formula is C26H25NO4. The van der Waals surface area contributed by atoms with Gasteiger partial charge >= 0.3 is 5.97 Å². The molecule has 1 aromatic heterocycles. The number of benzene rings is 2. The van der Waals surface area contributed by atoms with Crippen LogP contribution in [-0.4, -0.2) is 22.9 Å². The Morgan fingerprint density at radius 1 is 1.10 bits per heavy atom. The lowest BCUT2D eigenvalue weighted by Crippen LogP contribution is -2.28. The summed E-state index contributed by atoms with van der Waals surface area (Å²) in [6.45, 7) is 6.89. The van der Waals surface area contributed by atoms with Gasteiger partial charge in [0.05, 0.1) is 16.8 Å². The Labute approximate surface area is 181 Å². The lowest BCUT2D eigenvalue weighted by Gasteiger charge is -2.36. The molecular weight excluding hydrogens is 390 g/mol. The van der Waals surface area contributed by atoms with Crippen LogP contribution in [0.1, 0.15) is 54.4 Å². The first-order chi connectivity index (χ1) is 14.8. The number of para-hydroxylation sites is 1. The quantitative estimate of drug-likeness (QED) is 0.572. The summed E-state index contributed by atoms with van der Waals surface area (Å²) >= 11 is 0. The van der Waals surface area contributed by atoms with Crippen molar-refractivity contribution in [2.45, 2.75) is 33.6 Å². The first-order valence-corrected chi connectivity index (χ1v) is 10.6. The van der Waals surface area contributed by atoms with Crippen molar-refractivity contribution in [3.8, 4) is 11.5 Å². The number of rotatable bonds is 2. The SMILES string of the molecule is CC(C)(C)C1C/C(=C\c2ccc3c(c2)OCO3)c2nc3ccccc3c(C(=O)O)c2C1. The number of allylic oxidation sites excluding steroid dienone is 1. The molecule has 0 bridgehead atoms. The average Bonchev–Trinajstić information content (AvgIpc) is 3.19. The summed E-state index contributed by atoms with van der Waals surface area (Å²) in [5.74, 6) is 0.889. The number of fused-ring (bicyclic) bond motifs is 3. The van der Waals surface area contributed by atoms with Gasteiger partial charge in [-0.25, -0.2) is 9.78 Å². The number of aromatic carboxylic acids is 1. The molecule has 2 aromatic carbocycles. The van der Waals surface area contributed by atoms with E-state index in [-0.39, 0.29) is 12.2 Å². The van der Waals surface area contributed by atoms with E-state index in [0.717, 1.165) is 40.3 Å². The third-order valence-corrected chi connectivity index (χ3v) is 6.39. The fourth-order valence-electron chi connectivity index (χ4n) is 4.58. The van der Waals surface area contributed by atoms with Crippen LogP contribution < -0.4 is 9.47 Å². The minimum atomic E-state index is -0.896. The largest absolute Gasteiger partial charge is 0.478 e. The predicted octanol–water partition coefficient (Wildman–Crippen LogP) is 5.81. The predicted molar refractivity (Wildman–Crippen MR) is 120 cm³/mol. The zero-order chi connectivity index (χ0) is 21.8. The minimum absolute atomic E-state index is 0.0348. The number of carboxylic acids is 1. The molecule has 1 N–H and O–H groups in total. The van der Waals surface area contributed by atoms with E-state index in [1.54, 1.807) is 0 Å². The molecule has 1 unspecified atom stereocenters. The Hall–Kier alpha value is -3.34. The highest BCUT2D eigenvalue weighted by Gasteiger charge is 2.35. The van der Waals surface area contributed by atoms with Crippen molar-refractivity contribution in [3.63, 3.8) is 0 Å². The third kappa shape index (κ3) is 3.44. The van der Waals surface area contributed by atoms with Crippen molar-refractivity contribution in [2.24, 2.45) is 11.3 Å². The van der Waals surface area contributed by atoms with Crippen LogP contribution in [0, 0.1) is 11.3 Å². The number of ether oxygens (including phenoxy) is 2. The van der Waals surface area contributed by atoms with E-state index in [4.69, 9.17) is 14.5 Å². The molecule has 158 valence electrons. The lowest BCUT2D eigenvalue weighted by atomic mass is 9.69. The van der Waals surface area contributed by atoms with Crippen molar-refractivity contribution in [1.82, 2.24) is 4.98 Å². The van der Waals surface area contributed by atoms with E-state index >= 15 is 0 Å². The smallest absolute Gasteiger partial charge is 0.336 e. The Morgan fingerprint density at radius 3 is 2.65 bits per heavy atom. The van der Waals surface area contributed by atoms with Gasteiger partial charge in [-0.3, -0.25) is 0 Å². The first-order valence-electron chi connectivity index (χ1n) is 10.6. The van der Waals surface area contributed by atoms with Gasteiger partial charge in [0.1, 0.15) is 0 Å². The van der Waals surface area contributed by atoms with Crippen LogP contribution in [0.3, 0.4) is 0 Å². The Kier molecular flexibility index (Phi) is 4.50. The third-order valence-electron chi connectivity index (χ3n) is 6.39. The molecule has 5 nitrogen and oxygen atoms in total. The van der Waals surface area contributed by atoms with Gasteiger partial charge in [0.15, 0.2) is 11.5 Å². The van der Waals surface area contributed by atoms with Crippen molar-refractivity contribution in [1.29, 1.82) is 0 Å². The number of hydrogen-bond acceptors (Lipinski definition) is 4. The van der Waals surface area contributed by atoms with Crippen LogP contribution >= 0.6 is 0 Å². The highest BCUT2D eigenvalue weighted by atomic mass is 16.7. The molecule has 3 aromatic rings. The van der Waals surface area contributed by atoms with Gasteiger partial charge in [0.25, 0.3) is 0 Å². The Morgan fingerprint density at radius 2 is 1.87 bits per heavy atom. The number of nitrogens with zero attached hydrogens (tertiary/aromatic N) is 1. The Balaban J connectivity index is 1.74. The van der Waals surface area contributed by atoms with E-state index in [0.29, 0.717) is 28.8 Å². The molecule has 5 heteroatoms. The second-order valence-corrected chi connectivity index (χ2v) is 9.39. The highest BCUT2D eigenvalue weighted by molar-refractivity contribution is 6.06. The van der Waals surface area contributed by atoms with Crippen molar-refractivity contribution < 1.29 is 19.4 Å². The monoisotopic (exact) mass is 415 g/mol. The van der Waals surface area contributed by atoms with Crippen LogP contribution in [0.2, 0.25) is 0 Å². The standard InChI is InChI=1S/C26H25NO4/c1-26(2,3)17-12-16(10-15-8-9-21-22(11-15)31-14-30-21)24-19(13-17)23(25(28)29)18-6-4-5-7-20(18)27-24/h4-11,17H,12-14H2,1-3H3,(H,28,29)/b16-10+. The summed E-state index contributed by atoms with van der Waals surface area (Å²) in [4.78, 5) is 17.3. The molecule has 5 rings (SSSR count). The summed E-state index contributed by atoms with van der Waals surface area (Å²) < 4.78 is 11.0. The second-order valence-electron chi connectivity index (χ2n) is 9.39. The summed E-state index contributed by atoms with van der Waals surface area (Å²) in [5.41, 5.74) is 4.82. The van der Waals surface area contributed by atoms with E-state index in [9.17, 15) is 9.90 Å². The zero-order valence-corrected chi connectivity index (χ0v) is 17.9. The molecule has 0 spiro atoms. The number of carboxylic acid groups (broad SMARTS) is 1. The zero-order valence-electron chi connectivity index (χ0n) is 17.9. The van der Waals surface area contributed by atoms with Crippen molar-refractivity contribution in [3.05, 3.63) is 64.8 Å². The molecule has 2 aliphatic rings. The van der Waals surface area contributed by atoms with Gasteiger partial charge in [-0.2, -0.15) is 0 Å². The minimum Gasteiger partial charge on any atom is -0.478 e. The molecule has 0 saturated carbocycles. The van der Waals surface area contributed by atoms with Crippen LogP contribution in [0.5, 0.6) is 11.5 Å². The van der Waals surface area contributed by atoms with Gasteiger partial charge in [0, 0.05) is 5.39 Å². The van der Waals surface area contributed by atoms with Crippen LogP contribution in [0.15, 0.2) is 42.5 Å². The van der Waals surface area contributed by atoms with Gasteiger partial charge < -0.3 is 14.6 Å². The fraction of sp³-hybridized carbons (Fsp3) is 0.308. The summed E-state index contributed by atoms with van der Waals surface area (Å²) in [6.07, 6.45) is 3.66. The van der Waals surface area contributed by atoms with Gasteiger partial charge in [-0.05, 0) is 65.1 Å². The maximum atomic E-state index is 12.4. The molecule has 2 heterocycles. The van der Waals surface area contributed by atoms with E-state index < -0.39 is 5.97 Å². The Bertz CT molecular complexity index is 1240. The summed E-state index contributed by atoms with van der Waals surface area (Å²) in [6, 6.07) is 13.4. The van der Waals surface area contributed by atoms with E-state index in [1.807, 2.05) is 42.5 Å². The average molecular weight is 415 g/mol. The van der Waals surface area contributed by atoms with Crippen LogP contribution in [0.25, 0.3) is 22.6 Å². The van der Waals surface area contributed by atoms with Crippen LogP contribution in [-0.2, 0) is 6.42 Å². The molecule has 0 saturated heterocycles. The lowest BCUT2D eigenvalue weighted by molar-refractivity contribution is 0.0696. The number of hydrogen-bond donors (Lipinski definition) is 1. The van der Waals surface area contributed by atoms with E-state index in [1.165, 1.54) is 0 Å². The maximum absolute atomic E-state index is 12.4. The fourth-order valence-corrected chi connectivity index (χ4v) is 4.58. The second kappa shape index (κ2) is 7.12. The molecule has 0 amide bonds. The van der Waals surface area contributed by atoms with Crippen molar-refractivity contribution >= 4 is 28.5 Å². The molecule has 0 radical (unpaired) electrons. The molecule has 31 heavy (non-hydrogen) atoms. The normalized spacial score (nSPS) is 18.9. The van der Waals surface area contributed by atoms with Gasteiger partial charge in [-0.1, -0.05) is 45.0 Å². The highest BCUT2D eigenvalue weighted by Crippen LogP contribution is 2.45. The van der Waals surface area contributed by atoms with Gasteiger partial charge in [-0.15, -0.1) is 0 Å².